The van der Waals surface area contributed by atoms with E-state index in [9.17, 15) is 0 Å². The molecule has 0 fully saturated rings. The smallest absolute Gasteiger partial charge is 0.0680 e. The molecular formula is C17H16ClN3. The van der Waals surface area contributed by atoms with Crippen LogP contribution in [0.3, 0.4) is 0 Å². The molecule has 3 nitrogen and oxygen atoms in total. The van der Waals surface area contributed by atoms with E-state index in [2.05, 4.69) is 12.0 Å². The Hall–Kier alpha value is -2.26. The number of benzene rings is 2. The number of nitrogens with two attached hydrogens (primary N) is 1. The Morgan fingerprint density at radius 1 is 1.05 bits per heavy atom. The number of hydrogen-bond acceptors (Lipinski definition) is 2. The van der Waals surface area contributed by atoms with E-state index in [0.717, 1.165) is 28.2 Å². The lowest BCUT2D eigenvalue weighted by Crippen LogP contribution is -1.98. The normalized spacial score (nSPS) is 10.8. The van der Waals surface area contributed by atoms with Crippen LogP contribution in [0.25, 0.3) is 16.8 Å². The predicted octanol–water partition coefficient (Wildman–Crippen LogP) is 4.39. The molecule has 1 heterocycles. The van der Waals surface area contributed by atoms with Crippen LogP contribution in [0.1, 0.15) is 11.4 Å². The van der Waals surface area contributed by atoms with Crippen LogP contribution in [0.2, 0.25) is 5.02 Å². The van der Waals surface area contributed by atoms with E-state index in [1.54, 1.807) is 6.07 Å². The summed E-state index contributed by atoms with van der Waals surface area (Å²) in [6.45, 7) is 4.05. The van der Waals surface area contributed by atoms with Gasteiger partial charge in [0.15, 0.2) is 0 Å². The van der Waals surface area contributed by atoms with Crippen LogP contribution >= 0.6 is 11.6 Å². The Morgan fingerprint density at radius 2 is 1.76 bits per heavy atom. The van der Waals surface area contributed by atoms with Crippen molar-refractivity contribution in [2.75, 3.05) is 5.73 Å². The largest absolute Gasteiger partial charge is 0.398 e. The van der Waals surface area contributed by atoms with Gasteiger partial charge < -0.3 is 5.73 Å². The molecule has 0 aliphatic carbocycles. The minimum Gasteiger partial charge on any atom is -0.398 e. The molecule has 21 heavy (non-hydrogen) atoms. The maximum Gasteiger partial charge on any atom is 0.0680 e. The van der Waals surface area contributed by atoms with Gasteiger partial charge in [-0.1, -0.05) is 35.9 Å². The van der Waals surface area contributed by atoms with Crippen molar-refractivity contribution in [3.05, 3.63) is 64.9 Å². The topological polar surface area (TPSA) is 43.8 Å². The molecule has 0 bridgehead atoms. The number of aromatic nitrogens is 2. The fraction of sp³-hybridized carbons (Fsp3) is 0.118. The van der Waals surface area contributed by atoms with Crippen molar-refractivity contribution < 1.29 is 0 Å². The van der Waals surface area contributed by atoms with Gasteiger partial charge in [0.25, 0.3) is 0 Å². The van der Waals surface area contributed by atoms with Gasteiger partial charge in [0.05, 0.1) is 11.4 Å². The first-order valence-electron chi connectivity index (χ1n) is 6.75. The summed E-state index contributed by atoms with van der Waals surface area (Å²) in [6, 6.07) is 15.6. The van der Waals surface area contributed by atoms with Crippen molar-refractivity contribution in [1.82, 2.24) is 9.78 Å². The SMILES string of the molecule is Cc1nn(-c2ccccc2)c(C)c1-c1ccc(Cl)cc1N. The average Bonchev–Trinajstić information content (AvgIpc) is 2.76. The van der Waals surface area contributed by atoms with Crippen molar-refractivity contribution in [3.63, 3.8) is 0 Å². The van der Waals surface area contributed by atoms with Gasteiger partial charge in [0.2, 0.25) is 0 Å². The Bertz CT molecular complexity index is 791. The molecule has 0 radical (unpaired) electrons. The van der Waals surface area contributed by atoms with E-state index in [0.29, 0.717) is 10.7 Å². The van der Waals surface area contributed by atoms with Crippen LogP contribution in [0.15, 0.2) is 48.5 Å². The Balaban J connectivity index is 2.19. The highest BCUT2D eigenvalue weighted by molar-refractivity contribution is 6.31. The van der Waals surface area contributed by atoms with Crippen molar-refractivity contribution in [2.45, 2.75) is 13.8 Å². The van der Waals surface area contributed by atoms with Gasteiger partial charge in [-0.3, -0.25) is 0 Å². The van der Waals surface area contributed by atoms with Crippen molar-refractivity contribution in [1.29, 1.82) is 0 Å². The quantitative estimate of drug-likeness (QED) is 0.713. The van der Waals surface area contributed by atoms with E-state index in [1.165, 1.54) is 0 Å². The van der Waals surface area contributed by atoms with Crippen molar-refractivity contribution in [2.24, 2.45) is 0 Å². The molecule has 0 aliphatic rings. The second-order valence-electron chi connectivity index (χ2n) is 5.02. The van der Waals surface area contributed by atoms with Crippen LogP contribution < -0.4 is 5.73 Å². The Labute approximate surface area is 129 Å². The molecule has 0 unspecified atom stereocenters. The molecule has 3 rings (SSSR count). The lowest BCUT2D eigenvalue weighted by molar-refractivity contribution is 0.834. The van der Waals surface area contributed by atoms with Gasteiger partial charge in [-0.25, -0.2) is 4.68 Å². The van der Waals surface area contributed by atoms with Crippen LogP contribution in [-0.4, -0.2) is 9.78 Å². The first-order chi connectivity index (χ1) is 10.1. The summed E-state index contributed by atoms with van der Waals surface area (Å²) in [7, 11) is 0. The van der Waals surface area contributed by atoms with Crippen molar-refractivity contribution in [3.8, 4) is 16.8 Å². The molecule has 0 aliphatic heterocycles. The predicted molar refractivity (Wildman–Crippen MR) is 87.9 cm³/mol. The van der Waals surface area contributed by atoms with Gasteiger partial charge in [0, 0.05) is 27.5 Å². The van der Waals surface area contributed by atoms with Gasteiger partial charge in [-0.2, -0.15) is 5.10 Å². The first-order valence-corrected chi connectivity index (χ1v) is 7.13. The minimum absolute atomic E-state index is 0.641. The summed E-state index contributed by atoms with van der Waals surface area (Å²) < 4.78 is 1.94. The number of aryl methyl sites for hydroxylation is 1. The molecule has 106 valence electrons. The zero-order valence-electron chi connectivity index (χ0n) is 12.0. The third-order valence-electron chi connectivity index (χ3n) is 3.58. The van der Waals surface area contributed by atoms with E-state index in [4.69, 9.17) is 17.3 Å². The minimum atomic E-state index is 0.641. The van der Waals surface area contributed by atoms with E-state index < -0.39 is 0 Å². The maximum atomic E-state index is 6.12. The fourth-order valence-corrected chi connectivity index (χ4v) is 2.79. The molecule has 0 saturated carbocycles. The molecule has 0 saturated heterocycles. The van der Waals surface area contributed by atoms with Gasteiger partial charge >= 0.3 is 0 Å². The number of anilines is 1. The first kappa shape index (κ1) is 13.7. The second-order valence-corrected chi connectivity index (χ2v) is 5.46. The maximum absolute atomic E-state index is 6.12. The van der Waals surface area contributed by atoms with E-state index in [-0.39, 0.29) is 0 Å². The van der Waals surface area contributed by atoms with Gasteiger partial charge in [-0.15, -0.1) is 0 Å². The monoisotopic (exact) mass is 297 g/mol. The van der Waals surface area contributed by atoms with Crippen LogP contribution in [0.5, 0.6) is 0 Å². The standard InChI is InChI=1S/C17H16ClN3/c1-11-17(15-9-8-13(18)10-16(15)19)12(2)21(20-11)14-6-4-3-5-7-14/h3-10H,19H2,1-2H3. The zero-order chi connectivity index (χ0) is 15.0. The lowest BCUT2D eigenvalue weighted by atomic mass is 10.0. The number of para-hydroxylation sites is 1. The van der Waals surface area contributed by atoms with Crippen LogP contribution in [0, 0.1) is 13.8 Å². The summed E-state index contributed by atoms with van der Waals surface area (Å²) in [5, 5.41) is 5.29. The lowest BCUT2D eigenvalue weighted by Gasteiger charge is -2.08. The molecule has 3 aromatic rings. The number of halogens is 1. The van der Waals surface area contributed by atoms with Crippen LogP contribution in [-0.2, 0) is 0 Å². The van der Waals surface area contributed by atoms with E-state index >= 15 is 0 Å². The summed E-state index contributed by atoms with van der Waals surface area (Å²) >= 11 is 5.98. The highest BCUT2D eigenvalue weighted by atomic mass is 35.5. The van der Waals surface area contributed by atoms with Gasteiger partial charge in [0.1, 0.15) is 0 Å². The number of nitrogens with zero attached hydrogens (tertiary/aromatic N) is 2. The fourth-order valence-electron chi connectivity index (χ4n) is 2.61. The molecule has 0 spiro atoms. The molecule has 1 aromatic heterocycles. The zero-order valence-corrected chi connectivity index (χ0v) is 12.7. The molecule has 4 heteroatoms. The highest BCUT2D eigenvalue weighted by Crippen LogP contribution is 2.33. The Kier molecular flexibility index (Phi) is 3.43. The highest BCUT2D eigenvalue weighted by Gasteiger charge is 2.16. The Morgan fingerprint density at radius 3 is 2.43 bits per heavy atom. The number of hydrogen-bond donors (Lipinski definition) is 1. The summed E-state index contributed by atoms with van der Waals surface area (Å²) in [5.74, 6) is 0. The number of rotatable bonds is 2. The third-order valence-corrected chi connectivity index (χ3v) is 3.81. The summed E-state index contributed by atoms with van der Waals surface area (Å²) in [5.41, 5.74) is 11.9. The number of nitrogen functional groups attached to an aromatic ring is 1. The van der Waals surface area contributed by atoms with Crippen LogP contribution in [0.4, 0.5) is 5.69 Å². The molecular weight excluding hydrogens is 282 g/mol. The van der Waals surface area contributed by atoms with E-state index in [1.807, 2.05) is 54.1 Å². The molecule has 0 amide bonds. The summed E-state index contributed by atoms with van der Waals surface area (Å²) in [6.07, 6.45) is 0. The molecule has 2 aromatic carbocycles. The second kappa shape index (κ2) is 5.26. The van der Waals surface area contributed by atoms with Gasteiger partial charge in [-0.05, 0) is 38.1 Å². The summed E-state index contributed by atoms with van der Waals surface area (Å²) in [4.78, 5) is 0. The van der Waals surface area contributed by atoms with Crippen molar-refractivity contribution >= 4 is 17.3 Å². The average molecular weight is 298 g/mol. The molecule has 2 N–H and O–H groups in total. The third kappa shape index (κ3) is 2.41. The molecule has 0 atom stereocenters.